The molecule has 1 amide bonds. The lowest BCUT2D eigenvalue weighted by Gasteiger charge is -2.61. The van der Waals surface area contributed by atoms with Crippen molar-refractivity contribution in [2.75, 3.05) is 18.0 Å². The largest absolute Gasteiger partial charge is 0.369 e. The van der Waals surface area contributed by atoms with Crippen molar-refractivity contribution in [2.24, 2.45) is 34.8 Å². The molecule has 2 aliphatic heterocycles. The zero-order valence-electron chi connectivity index (χ0n) is 17.5. The summed E-state index contributed by atoms with van der Waals surface area (Å²) < 4.78 is 0. The number of carbonyl (C=O) groups excluding carboxylic acids is 1. The number of primary amides is 1. The lowest BCUT2D eigenvalue weighted by Crippen LogP contribution is -2.61. The van der Waals surface area contributed by atoms with Gasteiger partial charge < -0.3 is 16.0 Å². The molecule has 158 valence electrons. The molecule has 4 aliphatic carbocycles. The van der Waals surface area contributed by atoms with E-state index in [2.05, 4.69) is 22.4 Å². The van der Waals surface area contributed by atoms with E-state index in [1.54, 1.807) is 6.20 Å². The molecule has 2 saturated heterocycles. The van der Waals surface area contributed by atoms with Crippen LogP contribution in [0.1, 0.15) is 56.9 Å². The molecule has 4 bridgehead atoms. The molecular formula is C24H31N5O. The van der Waals surface area contributed by atoms with E-state index in [0.29, 0.717) is 35.3 Å². The van der Waals surface area contributed by atoms with Gasteiger partial charge in [0.25, 0.3) is 0 Å². The molecule has 4 saturated carbocycles. The molecule has 1 aromatic heterocycles. The summed E-state index contributed by atoms with van der Waals surface area (Å²) >= 11 is 0. The first-order valence-corrected chi connectivity index (χ1v) is 11.7. The number of aromatic nitrogens is 1. The lowest BCUT2D eigenvalue weighted by molar-refractivity contribution is -0.151. The predicted octanol–water partition coefficient (Wildman–Crippen LogP) is 2.58. The Bertz CT molecular complexity index is 883. The van der Waals surface area contributed by atoms with Gasteiger partial charge in [-0.2, -0.15) is 5.26 Å². The molecule has 6 aliphatic rings. The van der Waals surface area contributed by atoms with Crippen molar-refractivity contribution >= 4 is 11.7 Å². The second-order valence-corrected chi connectivity index (χ2v) is 10.8. The van der Waals surface area contributed by atoms with Crippen molar-refractivity contribution in [1.29, 1.82) is 5.26 Å². The van der Waals surface area contributed by atoms with Gasteiger partial charge >= 0.3 is 0 Å². The van der Waals surface area contributed by atoms with Crippen LogP contribution in [0.2, 0.25) is 0 Å². The Morgan fingerprint density at radius 2 is 2.03 bits per heavy atom. The highest BCUT2D eigenvalue weighted by Crippen LogP contribution is 2.64. The van der Waals surface area contributed by atoms with Crippen LogP contribution in [0, 0.1) is 40.4 Å². The van der Waals surface area contributed by atoms with E-state index in [0.717, 1.165) is 44.6 Å². The summed E-state index contributed by atoms with van der Waals surface area (Å²) in [5.41, 5.74) is 6.47. The summed E-state index contributed by atoms with van der Waals surface area (Å²) in [7, 11) is 0. The first-order valence-electron chi connectivity index (χ1n) is 11.7. The van der Waals surface area contributed by atoms with E-state index in [-0.39, 0.29) is 16.9 Å². The highest BCUT2D eigenvalue weighted by Gasteiger charge is 2.62. The molecule has 6 nitrogen and oxygen atoms in total. The van der Waals surface area contributed by atoms with E-state index in [1.165, 1.54) is 25.7 Å². The minimum Gasteiger partial charge on any atom is -0.369 e. The van der Waals surface area contributed by atoms with Gasteiger partial charge in [-0.15, -0.1) is 0 Å². The van der Waals surface area contributed by atoms with Gasteiger partial charge in [-0.1, -0.05) is 0 Å². The van der Waals surface area contributed by atoms with Gasteiger partial charge in [-0.3, -0.25) is 4.79 Å². The van der Waals surface area contributed by atoms with Gasteiger partial charge in [-0.25, -0.2) is 4.98 Å². The minimum absolute atomic E-state index is 0.0474. The van der Waals surface area contributed by atoms with E-state index in [1.807, 2.05) is 6.07 Å². The van der Waals surface area contributed by atoms with Crippen LogP contribution in [0.3, 0.4) is 0 Å². The quantitative estimate of drug-likeness (QED) is 0.806. The molecule has 0 radical (unpaired) electrons. The Kier molecular flexibility index (Phi) is 3.99. The molecule has 1 spiro atoms. The maximum Gasteiger partial charge on any atom is 0.223 e. The smallest absolute Gasteiger partial charge is 0.223 e. The van der Waals surface area contributed by atoms with Crippen LogP contribution in [0.4, 0.5) is 5.82 Å². The maximum absolute atomic E-state index is 12.4. The zero-order chi connectivity index (χ0) is 20.5. The van der Waals surface area contributed by atoms with Gasteiger partial charge in [0, 0.05) is 24.2 Å². The van der Waals surface area contributed by atoms with Crippen LogP contribution in [0.25, 0.3) is 0 Å². The lowest BCUT2D eigenvalue weighted by atomic mass is 9.45. The molecule has 6 fully saturated rings. The fourth-order valence-electron chi connectivity index (χ4n) is 8.53. The normalized spacial score (nSPS) is 44.0. The molecule has 1 aromatic rings. The van der Waals surface area contributed by atoms with E-state index < -0.39 is 0 Å². The van der Waals surface area contributed by atoms with Crippen LogP contribution >= 0.6 is 0 Å². The van der Waals surface area contributed by atoms with Crippen molar-refractivity contribution in [3.05, 3.63) is 23.9 Å². The molecule has 7 rings (SSSR count). The summed E-state index contributed by atoms with van der Waals surface area (Å²) in [6.45, 7) is 2.07. The number of hydrogen-bond acceptors (Lipinski definition) is 5. The number of carbonyl (C=O) groups is 1. The Morgan fingerprint density at radius 3 is 2.63 bits per heavy atom. The average Bonchev–Trinajstić information content (AvgIpc) is 3.35. The van der Waals surface area contributed by atoms with Gasteiger partial charge in [-0.05, 0) is 93.7 Å². The maximum atomic E-state index is 12.4. The predicted molar refractivity (Wildman–Crippen MR) is 113 cm³/mol. The molecule has 0 aromatic carbocycles. The molecule has 3 heterocycles. The van der Waals surface area contributed by atoms with Gasteiger partial charge in [0.05, 0.1) is 11.1 Å². The SMILES string of the molecule is N#Cc1ccc(N2C(C3C4CC5C[C@H]3CC(C(N)=O)(C5)C4)CCC23CCNC3)nc1. The van der Waals surface area contributed by atoms with Crippen molar-refractivity contribution < 1.29 is 4.79 Å². The van der Waals surface area contributed by atoms with E-state index in [9.17, 15) is 10.1 Å². The van der Waals surface area contributed by atoms with Crippen LogP contribution < -0.4 is 16.0 Å². The topological polar surface area (TPSA) is 95.0 Å². The fraction of sp³-hybridized carbons (Fsp3) is 0.708. The highest BCUT2D eigenvalue weighted by atomic mass is 16.1. The third-order valence-corrected chi connectivity index (χ3v) is 9.41. The molecule has 6 unspecified atom stereocenters. The standard InChI is InChI=1S/C24H31N5O/c25-12-15-1-2-20(28-13-15)29-19(3-4-24(29)5-6-27-14-24)21-17-7-16-8-18(21)11-23(9-16,10-17)22(26)30/h1-2,13,16-19,21,27H,3-11,14H2,(H2,26,30)/t16?,17-,18?,19?,21?,23?,24?/m0/s1. The summed E-state index contributed by atoms with van der Waals surface area (Å²) in [4.78, 5) is 19.8. The first-order chi connectivity index (χ1) is 14.5. The average molecular weight is 406 g/mol. The third kappa shape index (κ3) is 2.51. The molecule has 7 atom stereocenters. The van der Waals surface area contributed by atoms with Crippen LogP contribution in [-0.4, -0.2) is 35.6 Å². The Balaban J connectivity index is 1.37. The van der Waals surface area contributed by atoms with Crippen molar-refractivity contribution in [3.8, 4) is 6.07 Å². The number of nitriles is 1. The highest BCUT2D eigenvalue weighted by molar-refractivity contribution is 5.81. The van der Waals surface area contributed by atoms with Crippen molar-refractivity contribution in [3.63, 3.8) is 0 Å². The molecule has 30 heavy (non-hydrogen) atoms. The first kappa shape index (κ1) is 18.6. The van der Waals surface area contributed by atoms with Gasteiger partial charge in [0.1, 0.15) is 11.9 Å². The number of amides is 1. The number of anilines is 1. The summed E-state index contributed by atoms with van der Waals surface area (Å²) in [6.07, 6.45) is 10.8. The van der Waals surface area contributed by atoms with Crippen LogP contribution in [-0.2, 0) is 4.79 Å². The number of nitrogens with zero attached hydrogens (tertiary/aromatic N) is 3. The molecule has 3 N–H and O–H groups in total. The monoisotopic (exact) mass is 405 g/mol. The van der Waals surface area contributed by atoms with Gasteiger partial charge in [0.15, 0.2) is 0 Å². The second-order valence-electron chi connectivity index (χ2n) is 10.8. The zero-order valence-corrected chi connectivity index (χ0v) is 17.5. The fourth-order valence-corrected chi connectivity index (χ4v) is 8.53. The Hall–Kier alpha value is -2.13. The number of hydrogen-bond donors (Lipinski definition) is 2. The third-order valence-electron chi connectivity index (χ3n) is 9.41. The van der Waals surface area contributed by atoms with Crippen LogP contribution in [0.15, 0.2) is 18.3 Å². The van der Waals surface area contributed by atoms with Crippen molar-refractivity contribution in [1.82, 2.24) is 10.3 Å². The minimum atomic E-state index is -0.226. The van der Waals surface area contributed by atoms with Crippen LogP contribution in [0.5, 0.6) is 0 Å². The number of rotatable bonds is 3. The summed E-state index contributed by atoms with van der Waals surface area (Å²) in [5.74, 6) is 3.52. The van der Waals surface area contributed by atoms with Gasteiger partial charge in [0.2, 0.25) is 5.91 Å². The molecular weight excluding hydrogens is 374 g/mol. The number of pyridine rings is 1. The summed E-state index contributed by atoms with van der Waals surface area (Å²) in [6, 6.07) is 6.64. The second kappa shape index (κ2) is 6.43. The summed E-state index contributed by atoms with van der Waals surface area (Å²) in [5, 5.41) is 12.8. The molecule has 6 heteroatoms. The Morgan fingerprint density at radius 1 is 1.23 bits per heavy atom. The van der Waals surface area contributed by atoms with E-state index >= 15 is 0 Å². The van der Waals surface area contributed by atoms with E-state index in [4.69, 9.17) is 10.7 Å². The number of nitrogens with one attached hydrogen (secondary N) is 1. The Labute approximate surface area is 178 Å². The van der Waals surface area contributed by atoms with Crippen molar-refractivity contribution in [2.45, 2.75) is 62.9 Å². The number of nitrogens with two attached hydrogens (primary N) is 1.